The predicted molar refractivity (Wildman–Crippen MR) is 107 cm³/mol. The van der Waals surface area contributed by atoms with Crippen molar-refractivity contribution in [2.45, 2.75) is 6.10 Å². The van der Waals surface area contributed by atoms with Gasteiger partial charge in [-0.15, -0.1) is 6.42 Å². The zero-order valence-electron chi connectivity index (χ0n) is 15.7. The highest BCUT2D eigenvalue weighted by Gasteiger charge is 2.14. The van der Waals surface area contributed by atoms with Gasteiger partial charge < -0.3 is 25.4 Å². The fraction of sp³-hybridized carbons (Fsp3) is 0.350. The van der Waals surface area contributed by atoms with E-state index in [2.05, 4.69) is 48.7 Å². The van der Waals surface area contributed by atoms with Crippen molar-refractivity contribution in [1.82, 2.24) is 20.3 Å². The Labute approximate surface area is 164 Å². The Balaban J connectivity index is 1.75. The molecule has 1 aliphatic heterocycles. The number of hydrogen-bond donors (Lipinski definition) is 3. The fourth-order valence-electron chi connectivity index (χ4n) is 2.55. The topological polar surface area (TPSA) is 93.2 Å². The molecule has 8 nitrogen and oxygen atoms in total. The van der Waals surface area contributed by atoms with Crippen LogP contribution in [0.25, 0.3) is 0 Å². The van der Waals surface area contributed by atoms with Crippen molar-refractivity contribution in [2.75, 3.05) is 50.6 Å². The standard InChI is InChI=1S/C20H22N6O2/c1-3-16-11-25-20(14-22-16)26-19-9-18(15(10-24-19)5-4-7-27-2)23-13-17-12-21-6-8-28-17/h1,9-11,14,17,21H,6-8,12-13H2,2H3,(H2,23,24,25,26)/t17-/m0/s1. The van der Waals surface area contributed by atoms with Crippen molar-refractivity contribution < 1.29 is 9.47 Å². The molecule has 0 aromatic carbocycles. The molecule has 1 aliphatic rings. The highest BCUT2D eigenvalue weighted by atomic mass is 16.5. The molecule has 0 unspecified atom stereocenters. The molecule has 1 fully saturated rings. The van der Waals surface area contributed by atoms with E-state index in [9.17, 15) is 0 Å². The zero-order chi connectivity index (χ0) is 19.6. The molecule has 3 heterocycles. The van der Waals surface area contributed by atoms with Gasteiger partial charge in [0.05, 0.1) is 36.4 Å². The van der Waals surface area contributed by atoms with Crippen LogP contribution in [-0.2, 0) is 9.47 Å². The Kier molecular flexibility index (Phi) is 7.16. The van der Waals surface area contributed by atoms with E-state index in [0.717, 1.165) is 24.3 Å². The summed E-state index contributed by atoms with van der Waals surface area (Å²) < 4.78 is 10.7. The van der Waals surface area contributed by atoms with Crippen LogP contribution >= 0.6 is 0 Å². The number of aromatic nitrogens is 3. The summed E-state index contributed by atoms with van der Waals surface area (Å²) >= 11 is 0. The largest absolute Gasteiger partial charge is 0.381 e. The van der Waals surface area contributed by atoms with Crippen LogP contribution in [0.1, 0.15) is 11.3 Å². The lowest BCUT2D eigenvalue weighted by Crippen LogP contribution is -2.42. The number of methoxy groups -OCH3 is 1. The minimum Gasteiger partial charge on any atom is -0.381 e. The third-order valence-electron chi connectivity index (χ3n) is 3.92. The summed E-state index contributed by atoms with van der Waals surface area (Å²) in [6, 6.07) is 1.88. The van der Waals surface area contributed by atoms with E-state index in [1.807, 2.05) is 6.07 Å². The van der Waals surface area contributed by atoms with E-state index in [4.69, 9.17) is 15.9 Å². The van der Waals surface area contributed by atoms with E-state index < -0.39 is 0 Å². The monoisotopic (exact) mass is 378 g/mol. The van der Waals surface area contributed by atoms with Crippen LogP contribution in [0, 0.1) is 24.2 Å². The molecule has 0 amide bonds. The normalized spacial score (nSPS) is 15.8. The van der Waals surface area contributed by atoms with E-state index in [1.54, 1.807) is 19.5 Å². The van der Waals surface area contributed by atoms with Gasteiger partial charge in [0.2, 0.25) is 0 Å². The van der Waals surface area contributed by atoms with Crippen molar-refractivity contribution in [3.63, 3.8) is 0 Å². The van der Waals surface area contributed by atoms with E-state index in [0.29, 0.717) is 37.1 Å². The molecule has 3 N–H and O–H groups in total. The van der Waals surface area contributed by atoms with Gasteiger partial charge >= 0.3 is 0 Å². The van der Waals surface area contributed by atoms with Crippen LogP contribution in [0.15, 0.2) is 24.7 Å². The first-order valence-corrected chi connectivity index (χ1v) is 8.88. The van der Waals surface area contributed by atoms with Crippen LogP contribution < -0.4 is 16.0 Å². The summed E-state index contributed by atoms with van der Waals surface area (Å²) in [6.45, 7) is 3.42. The summed E-state index contributed by atoms with van der Waals surface area (Å²) in [5.41, 5.74) is 2.11. The number of morpholine rings is 1. The van der Waals surface area contributed by atoms with Crippen LogP contribution in [0.3, 0.4) is 0 Å². The van der Waals surface area contributed by atoms with E-state index >= 15 is 0 Å². The molecule has 0 spiro atoms. The number of nitrogens with one attached hydrogen (secondary N) is 3. The molecular formula is C20H22N6O2. The summed E-state index contributed by atoms with van der Waals surface area (Å²) in [5, 5.41) is 9.84. The smallest absolute Gasteiger partial charge is 0.150 e. The molecule has 2 aromatic heterocycles. The Morgan fingerprint density at radius 3 is 2.89 bits per heavy atom. The van der Waals surface area contributed by atoms with Gasteiger partial charge in [-0.3, -0.25) is 0 Å². The van der Waals surface area contributed by atoms with E-state index in [-0.39, 0.29) is 6.10 Å². The van der Waals surface area contributed by atoms with Crippen molar-refractivity contribution >= 4 is 17.3 Å². The minimum absolute atomic E-state index is 0.0975. The number of terminal acetylenes is 1. The average Bonchev–Trinajstić information content (AvgIpc) is 2.75. The van der Waals surface area contributed by atoms with Gasteiger partial charge in [0.1, 0.15) is 23.9 Å². The molecule has 0 aliphatic carbocycles. The quantitative estimate of drug-likeness (QED) is 0.641. The molecule has 0 saturated carbocycles. The second-order valence-corrected chi connectivity index (χ2v) is 5.98. The lowest BCUT2D eigenvalue weighted by Gasteiger charge is -2.24. The molecule has 28 heavy (non-hydrogen) atoms. The lowest BCUT2D eigenvalue weighted by atomic mass is 10.2. The third-order valence-corrected chi connectivity index (χ3v) is 3.92. The van der Waals surface area contributed by atoms with Gasteiger partial charge in [-0.2, -0.15) is 0 Å². The Hall–Kier alpha value is -3.17. The first-order chi connectivity index (χ1) is 13.8. The van der Waals surface area contributed by atoms with Gasteiger partial charge in [0.15, 0.2) is 0 Å². The highest BCUT2D eigenvalue weighted by Crippen LogP contribution is 2.20. The van der Waals surface area contributed by atoms with Crippen LogP contribution in [0.2, 0.25) is 0 Å². The molecule has 8 heteroatoms. The SMILES string of the molecule is C#Cc1cnc(Nc2cc(NC[C@@H]3CNCCO3)c(C#CCOC)cn2)cn1. The fourth-order valence-corrected chi connectivity index (χ4v) is 2.55. The molecule has 0 bridgehead atoms. The van der Waals surface area contributed by atoms with Crippen LogP contribution in [-0.4, -0.2) is 61.0 Å². The number of pyridine rings is 1. The highest BCUT2D eigenvalue weighted by molar-refractivity contribution is 5.65. The second kappa shape index (κ2) is 10.2. The maximum absolute atomic E-state index is 5.74. The van der Waals surface area contributed by atoms with Gasteiger partial charge in [0, 0.05) is 39.0 Å². The number of hydrogen-bond acceptors (Lipinski definition) is 8. The molecular weight excluding hydrogens is 356 g/mol. The Bertz CT molecular complexity index is 876. The molecule has 0 radical (unpaired) electrons. The summed E-state index contributed by atoms with van der Waals surface area (Å²) in [6.07, 6.45) is 10.2. The molecule has 144 valence electrons. The second-order valence-electron chi connectivity index (χ2n) is 5.98. The summed E-state index contributed by atoms with van der Waals surface area (Å²) in [5.74, 6) is 9.63. The summed E-state index contributed by atoms with van der Waals surface area (Å²) in [4.78, 5) is 12.7. The third kappa shape index (κ3) is 5.66. The summed E-state index contributed by atoms with van der Waals surface area (Å²) in [7, 11) is 1.61. The zero-order valence-corrected chi connectivity index (χ0v) is 15.7. The molecule has 2 aromatic rings. The Morgan fingerprint density at radius 1 is 1.29 bits per heavy atom. The van der Waals surface area contributed by atoms with Gasteiger partial charge in [-0.1, -0.05) is 11.8 Å². The molecule has 1 saturated heterocycles. The lowest BCUT2D eigenvalue weighted by molar-refractivity contribution is 0.0372. The number of rotatable bonds is 6. The maximum Gasteiger partial charge on any atom is 0.150 e. The first kappa shape index (κ1) is 19.6. The predicted octanol–water partition coefficient (Wildman–Crippen LogP) is 0.995. The van der Waals surface area contributed by atoms with E-state index in [1.165, 1.54) is 6.20 Å². The number of nitrogens with zero attached hydrogens (tertiary/aromatic N) is 3. The van der Waals surface area contributed by atoms with Crippen LogP contribution in [0.5, 0.6) is 0 Å². The van der Waals surface area contributed by atoms with Crippen molar-refractivity contribution in [3.05, 3.63) is 35.9 Å². The van der Waals surface area contributed by atoms with Gasteiger partial charge in [0.25, 0.3) is 0 Å². The maximum atomic E-state index is 5.74. The van der Waals surface area contributed by atoms with Crippen molar-refractivity contribution in [2.24, 2.45) is 0 Å². The number of anilines is 3. The molecule has 1 atom stereocenters. The van der Waals surface area contributed by atoms with Crippen molar-refractivity contribution in [3.8, 4) is 24.2 Å². The minimum atomic E-state index is 0.0975. The van der Waals surface area contributed by atoms with Crippen LogP contribution in [0.4, 0.5) is 17.3 Å². The van der Waals surface area contributed by atoms with Gasteiger partial charge in [-0.05, 0) is 5.92 Å². The average molecular weight is 378 g/mol. The number of ether oxygens (including phenoxy) is 2. The Morgan fingerprint density at radius 2 is 2.18 bits per heavy atom. The first-order valence-electron chi connectivity index (χ1n) is 8.88. The molecule has 3 rings (SSSR count). The van der Waals surface area contributed by atoms with Crippen molar-refractivity contribution in [1.29, 1.82) is 0 Å². The van der Waals surface area contributed by atoms with Gasteiger partial charge in [-0.25, -0.2) is 15.0 Å².